The van der Waals surface area contributed by atoms with Gasteiger partial charge in [-0.05, 0) is 38.0 Å². The summed E-state index contributed by atoms with van der Waals surface area (Å²) in [5, 5.41) is 0.687. The maximum Gasteiger partial charge on any atom is 0.196 e. The van der Waals surface area contributed by atoms with Gasteiger partial charge in [0, 0.05) is 16.7 Å². The molecule has 0 spiro atoms. The zero-order valence-corrected chi connectivity index (χ0v) is 17.1. The highest BCUT2D eigenvalue weighted by atomic mass is 35.5. The number of halogens is 1. The van der Waals surface area contributed by atoms with Crippen LogP contribution in [0.3, 0.4) is 0 Å². The topological polar surface area (TPSA) is 34.7 Å². The first-order valence-electron chi connectivity index (χ1n) is 9.59. The first-order valence-corrected chi connectivity index (χ1v) is 9.59. The van der Waals surface area contributed by atoms with Gasteiger partial charge >= 0.3 is 0 Å². The first-order chi connectivity index (χ1) is 12.6. The van der Waals surface area contributed by atoms with Crippen LogP contribution in [0.2, 0.25) is 0 Å². The zero-order valence-electron chi connectivity index (χ0n) is 16.3. The molecule has 3 rings (SSSR count). The van der Waals surface area contributed by atoms with Gasteiger partial charge in [-0.1, -0.05) is 44.2 Å². The van der Waals surface area contributed by atoms with Crippen molar-refractivity contribution in [1.82, 2.24) is 0 Å². The number of fused-ring (bicyclic) bond motifs is 1. The molecule has 0 bridgehead atoms. The van der Waals surface area contributed by atoms with Gasteiger partial charge in [0.25, 0.3) is 0 Å². The van der Waals surface area contributed by atoms with E-state index >= 15 is 0 Å². The molecule has 27 heavy (non-hydrogen) atoms. The highest BCUT2D eigenvalue weighted by molar-refractivity contribution is 5.81. The number of hydrogen-bond donors (Lipinski definition) is 1. The Morgan fingerprint density at radius 1 is 0.963 bits per heavy atom. The van der Waals surface area contributed by atoms with Gasteiger partial charge in [-0.25, -0.2) is 0 Å². The van der Waals surface area contributed by atoms with Gasteiger partial charge < -0.3 is 21.7 Å². The lowest BCUT2D eigenvalue weighted by Gasteiger charge is -2.18. The summed E-state index contributed by atoms with van der Waals surface area (Å²) < 4.78 is 6.11. The Morgan fingerprint density at radius 2 is 1.63 bits per heavy atom. The maximum absolute atomic E-state index is 12.9. The predicted molar refractivity (Wildman–Crippen MR) is 108 cm³/mol. The number of quaternary nitrogens is 1. The average Bonchev–Trinajstić information content (AvgIpc) is 2.66. The molecule has 3 nitrogen and oxygen atoms in total. The molecule has 1 N–H and O–H groups in total. The minimum absolute atomic E-state index is 0. The van der Waals surface area contributed by atoms with Crippen molar-refractivity contribution in [2.24, 2.45) is 0 Å². The fourth-order valence-electron chi connectivity index (χ4n) is 3.61. The van der Waals surface area contributed by atoms with E-state index in [1.807, 2.05) is 49.4 Å². The van der Waals surface area contributed by atoms with Crippen LogP contribution in [0.5, 0.6) is 0 Å². The van der Waals surface area contributed by atoms with E-state index in [-0.39, 0.29) is 17.8 Å². The Bertz CT molecular complexity index is 928. The molecule has 0 aliphatic rings. The third kappa shape index (κ3) is 4.79. The molecule has 0 amide bonds. The van der Waals surface area contributed by atoms with E-state index < -0.39 is 0 Å². The van der Waals surface area contributed by atoms with Gasteiger partial charge in [0.15, 0.2) is 5.43 Å². The smallest absolute Gasteiger partial charge is 0.196 e. The van der Waals surface area contributed by atoms with E-state index in [1.54, 1.807) is 4.90 Å². The predicted octanol–water partition coefficient (Wildman–Crippen LogP) is 0.977. The summed E-state index contributed by atoms with van der Waals surface area (Å²) in [6, 6.07) is 15.9. The standard InChI is InChI=1S/C23H27NO2.ClH/c1-4-13-24(14-5-2)16-18-11-12-21-20(15-18)22(25)17(3)23(26-21)19-9-7-6-8-10-19;/h6-12,15H,4-5,13-14,16H2,1-3H3;1H. The maximum atomic E-state index is 12.9. The van der Waals surface area contributed by atoms with E-state index in [1.165, 1.54) is 18.4 Å². The number of benzene rings is 2. The van der Waals surface area contributed by atoms with Crippen molar-refractivity contribution in [3.05, 3.63) is 69.9 Å². The number of hydrogen-bond acceptors (Lipinski definition) is 2. The number of rotatable bonds is 7. The minimum Gasteiger partial charge on any atom is -1.00 e. The first kappa shape index (κ1) is 21.2. The van der Waals surface area contributed by atoms with Gasteiger partial charge in [-0.3, -0.25) is 4.79 Å². The van der Waals surface area contributed by atoms with Gasteiger partial charge in [-0.2, -0.15) is 0 Å². The van der Waals surface area contributed by atoms with Gasteiger partial charge in [0.05, 0.1) is 18.5 Å². The third-order valence-electron chi connectivity index (χ3n) is 4.88. The molecule has 1 heterocycles. The average molecular weight is 386 g/mol. The van der Waals surface area contributed by atoms with Crippen molar-refractivity contribution >= 4 is 11.0 Å². The summed E-state index contributed by atoms with van der Waals surface area (Å²) in [7, 11) is 0. The van der Waals surface area contributed by atoms with E-state index in [4.69, 9.17) is 4.42 Å². The van der Waals surface area contributed by atoms with Crippen LogP contribution < -0.4 is 22.7 Å². The highest BCUT2D eigenvalue weighted by Gasteiger charge is 2.14. The van der Waals surface area contributed by atoms with Gasteiger partial charge in [0.1, 0.15) is 17.9 Å². The molecule has 4 heteroatoms. The van der Waals surface area contributed by atoms with Crippen molar-refractivity contribution in [2.45, 2.75) is 40.2 Å². The van der Waals surface area contributed by atoms with Crippen LogP contribution in [-0.4, -0.2) is 13.1 Å². The fraction of sp³-hybridized carbons (Fsp3) is 0.348. The van der Waals surface area contributed by atoms with Crippen molar-refractivity contribution in [3.63, 3.8) is 0 Å². The lowest BCUT2D eigenvalue weighted by atomic mass is 10.0. The summed E-state index contributed by atoms with van der Waals surface area (Å²) in [6.07, 6.45) is 2.34. The molecule has 1 aromatic heterocycles. The Balaban J connectivity index is 0.00000261. The second-order valence-electron chi connectivity index (χ2n) is 7.01. The monoisotopic (exact) mass is 385 g/mol. The van der Waals surface area contributed by atoms with E-state index in [2.05, 4.69) is 19.9 Å². The van der Waals surface area contributed by atoms with E-state index in [0.29, 0.717) is 22.3 Å². The molecule has 0 saturated heterocycles. The molecule has 0 fully saturated rings. The van der Waals surface area contributed by atoms with E-state index in [9.17, 15) is 4.79 Å². The Labute approximate surface area is 167 Å². The van der Waals surface area contributed by atoms with Crippen molar-refractivity contribution in [2.75, 3.05) is 13.1 Å². The minimum atomic E-state index is 0. The SMILES string of the molecule is CCC[NH+](CCC)Cc1ccc2oc(-c3ccccc3)c(C)c(=O)c2c1.[Cl-]. The van der Waals surface area contributed by atoms with Crippen LogP contribution in [-0.2, 0) is 6.54 Å². The van der Waals surface area contributed by atoms with Crippen molar-refractivity contribution in [3.8, 4) is 11.3 Å². The number of nitrogens with one attached hydrogen (secondary N) is 1. The van der Waals surface area contributed by atoms with Crippen molar-refractivity contribution in [1.29, 1.82) is 0 Å². The van der Waals surface area contributed by atoms with Crippen LogP contribution in [0.1, 0.15) is 37.8 Å². The molecule has 0 saturated carbocycles. The molecular weight excluding hydrogens is 358 g/mol. The van der Waals surface area contributed by atoms with Gasteiger partial charge in [-0.15, -0.1) is 0 Å². The van der Waals surface area contributed by atoms with E-state index in [0.717, 1.165) is 25.2 Å². The van der Waals surface area contributed by atoms with Crippen LogP contribution in [0.15, 0.2) is 57.7 Å². The quantitative estimate of drug-likeness (QED) is 0.658. The Hall–Kier alpha value is -2.10. The summed E-state index contributed by atoms with van der Waals surface area (Å²) in [6.45, 7) is 9.57. The molecule has 0 unspecified atom stereocenters. The highest BCUT2D eigenvalue weighted by Crippen LogP contribution is 2.25. The second-order valence-corrected chi connectivity index (χ2v) is 7.01. The summed E-state index contributed by atoms with van der Waals surface area (Å²) in [4.78, 5) is 14.5. The third-order valence-corrected chi connectivity index (χ3v) is 4.88. The van der Waals surface area contributed by atoms with Gasteiger partial charge in [0.2, 0.25) is 0 Å². The normalized spacial score (nSPS) is 11.0. The fourth-order valence-corrected chi connectivity index (χ4v) is 3.61. The molecular formula is C23H28ClNO2. The lowest BCUT2D eigenvalue weighted by molar-refractivity contribution is -0.914. The zero-order chi connectivity index (χ0) is 18.5. The van der Waals surface area contributed by atoms with Crippen LogP contribution >= 0.6 is 0 Å². The summed E-state index contributed by atoms with van der Waals surface area (Å²) in [5.74, 6) is 0.667. The molecule has 0 atom stereocenters. The Kier molecular flexibility index (Phi) is 7.64. The summed E-state index contributed by atoms with van der Waals surface area (Å²) >= 11 is 0. The van der Waals surface area contributed by atoms with Crippen LogP contribution in [0, 0.1) is 6.92 Å². The molecule has 0 aliphatic heterocycles. The Morgan fingerprint density at radius 3 is 2.26 bits per heavy atom. The van der Waals surface area contributed by atoms with Crippen LogP contribution in [0.25, 0.3) is 22.3 Å². The van der Waals surface area contributed by atoms with Crippen LogP contribution in [0.4, 0.5) is 0 Å². The largest absolute Gasteiger partial charge is 1.00 e. The molecule has 0 aliphatic carbocycles. The molecule has 144 valence electrons. The molecule has 2 aromatic carbocycles. The second kappa shape index (κ2) is 9.72. The van der Waals surface area contributed by atoms with Crippen molar-refractivity contribution < 1.29 is 21.7 Å². The molecule has 3 aromatic rings. The molecule has 0 radical (unpaired) electrons. The summed E-state index contributed by atoms with van der Waals surface area (Å²) in [5.41, 5.74) is 3.55. The lowest BCUT2D eigenvalue weighted by Crippen LogP contribution is -3.10.